The molecule has 0 aromatic heterocycles. The Morgan fingerprint density at radius 3 is 1.50 bits per heavy atom. The first-order valence-electron chi connectivity index (χ1n) is 5.18. The summed E-state index contributed by atoms with van der Waals surface area (Å²) >= 11 is 0. The molecule has 0 fully saturated rings. The van der Waals surface area contributed by atoms with Crippen molar-refractivity contribution in [2.75, 3.05) is 0 Å². The number of hydrogen-bond acceptors (Lipinski definition) is 1. The first kappa shape index (κ1) is 11.1. The maximum absolute atomic E-state index is 11.7. The molecule has 0 radical (unpaired) electrons. The summed E-state index contributed by atoms with van der Waals surface area (Å²) in [7, 11) is -2.13. The van der Waals surface area contributed by atoms with E-state index < -0.39 is 7.95 Å². The molecule has 2 nitrogen and oxygen atoms in total. The molecule has 2 rings (SSSR count). The smallest absolute Gasteiger partial charge is 0.145 e. The summed E-state index contributed by atoms with van der Waals surface area (Å²) in [6.07, 6.45) is 0. The molecule has 2 aromatic carbocycles. The second kappa shape index (κ2) is 5.11. The van der Waals surface area contributed by atoms with Crippen molar-refractivity contribution in [3.05, 3.63) is 71.8 Å². The van der Waals surface area contributed by atoms with E-state index in [1.54, 1.807) is 0 Å². The molecule has 0 saturated heterocycles. The zero-order valence-corrected chi connectivity index (χ0v) is 9.84. The van der Waals surface area contributed by atoms with Crippen LogP contribution in [0.3, 0.4) is 0 Å². The van der Waals surface area contributed by atoms with Gasteiger partial charge in [0.1, 0.15) is 7.95 Å². The fourth-order valence-electron chi connectivity index (χ4n) is 1.81. The number of benzene rings is 2. The normalized spacial score (nSPS) is 12.6. The van der Waals surface area contributed by atoms with Crippen LogP contribution in [0.25, 0.3) is 0 Å². The molecule has 0 spiro atoms. The molecule has 3 heteroatoms. The highest BCUT2D eigenvalue weighted by molar-refractivity contribution is 7.42. The van der Waals surface area contributed by atoms with Gasteiger partial charge >= 0.3 is 0 Å². The third-order valence-corrected chi connectivity index (χ3v) is 3.79. The predicted molar refractivity (Wildman–Crippen MR) is 67.9 cm³/mol. The van der Waals surface area contributed by atoms with E-state index in [0.29, 0.717) is 0 Å². The fraction of sp³-hybridized carbons (Fsp3) is 0.0769. The molecule has 0 saturated carbocycles. The van der Waals surface area contributed by atoms with Gasteiger partial charge < -0.3 is 4.57 Å². The second-order valence-electron chi connectivity index (χ2n) is 3.66. The number of hydrogen-bond donors (Lipinski definition) is 1. The molecule has 82 valence electrons. The summed E-state index contributed by atoms with van der Waals surface area (Å²) in [6.45, 7) is 0. The molecule has 1 atom stereocenters. The van der Waals surface area contributed by atoms with Gasteiger partial charge in [0.2, 0.25) is 0 Å². The van der Waals surface area contributed by atoms with Crippen LogP contribution in [0.15, 0.2) is 60.7 Å². The Kier molecular flexibility index (Phi) is 3.55. The van der Waals surface area contributed by atoms with Crippen molar-refractivity contribution in [3.63, 3.8) is 0 Å². The molecule has 0 bridgehead atoms. The zero-order valence-electron chi connectivity index (χ0n) is 8.84. The van der Waals surface area contributed by atoms with Gasteiger partial charge in [-0.05, 0) is 11.1 Å². The third kappa shape index (κ3) is 2.41. The van der Waals surface area contributed by atoms with Crippen LogP contribution in [-0.2, 0) is 4.57 Å². The van der Waals surface area contributed by atoms with Gasteiger partial charge in [0, 0.05) is 0 Å². The van der Waals surface area contributed by atoms with E-state index in [-0.39, 0.29) is 5.66 Å². The van der Waals surface area contributed by atoms with Gasteiger partial charge in [0.25, 0.3) is 0 Å². The van der Waals surface area contributed by atoms with Gasteiger partial charge in [-0.15, -0.1) is 0 Å². The van der Waals surface area contributed by atoms with Crippen molar-refractivity contribution >= 4 is 7.95 Å². The van der Waals surface area contributed by atoms with Crippen LogP contribution >= 0.6 is 7.95 Å². The van der Waals surface area contributed by atoms with Gasteiger partial charge in [0.05, 0.1) is 5.66 Å². The summed E-state index contributed by atoms with van der Waals surface area (Å²) in [5.74, 6) is 0. The largest absolute Gasteiger partial charge is 0.309 e. The molecule has 0 amide bonds. The molecule has 0 aliphatic rings. The predicted octanol–water partition coefficient (Wildman–Crippen LogP) is 3.21. The van der Waals surface area contributed by atoms with Gasteiger partial charge in [-0.1, -0.05) is 60.7 Å². The topological polar surface area (TPSA) is 43.1 Å². The minimum absolute atomic E-state index is 0.174. The lowest BCUT2D eigenvalue weighted by Crippen LogP contribution is -1.99. The molecular weight excluding hydrogens is 217 g/mol. The highest BCUT2D eigenvalue weighted by Gasteiger charge is 2.17. The van der Waals surface area contributed by atoms with Crippen molar-refractivity contribution in [1.29, 1.82) is 0 Å². The van der Waals surface area contributed by atoms with Crippen LogP contribution in [0, 0.1) is 0 Å². The van der Waals surface area contributed by atoms with Crippen molar-refractivity contribution in [2.24, 2.45) is 5.50 Å². The highest BCUT2D eigenvalue weighted by Crippen LogP contribution is 2.40. The Morgan fingerprint density at radius 1 is 0.812 bits per heavy atom. The minimum Gasteiger partial charge on any atom is -0.309 e. The lowest BCUT2D eigenvalue weighted by Gasteiger charge is -2.15. The molecule has 0 aliphatic heterocycles. The van der Waals surface area contributed by atoms with Crippen LogP contribution in [0.2, 0.25) is 0 Å². The van der Waals surface area contributed by atoms with E-state index in [1.807, 2.05) is 60.7 Å². The van der Waals surface area contributed by atoms with Crippen LogP contribution < -0.4 is 5.50 Å². The summed E-state index contributed by atoms with van der Waals surface area (Å²) < 4.78 is 11.7. The Bertz CT molecular complexity index is 430. The number of rotatable bonds is 3. The lowest BCUT2D eigenvalue weighted by molar-refractivity contribution is 0.584. The van der Waals surface area contributed by atoms with Crippen LogP contribution in [0.1, 0.15) is 16.8 Å². The molecular formula is C13H14NOP. The molecule has 2 N–H and O–H groups in total. The molecule has 1 unspecified atom stereocenters. The maximum Gasteiger partial charge on any atom is 0.145 e. The van der Waals surface area contributed by atoms with E-state index in [4.69, 9.17) is 5.50 Å². The first-order chi connectivity index (χ1) is 7.79. The average molecular weight is 231 g/mol. The highest BCUT2D eigenvalue weighted by atomic mass is 31.1. The third-order valence-electron chi connectivity index (χ3n) is 2.55. The summed E-state index contributed by atoms with van der Waals surface area (Å²) in [5.41, 5.74) is 7.50. The van der Waals surface area contributed by atoms with Crippen LogP contribution in [0.5, 0.6) is 0 Å². The average Bonchev–Trinajstić information content (AvgIpc) is 2.31. The monoisotopic (exact) mass is 231 g/mol. The lowest BCUT2D eigenvalue weighted by atomic mass is 10.0. The van der Waals surface area contributed by atoms with Gasteiger partial charge in [0.15, 0.2) is 0 Å². The zero-order chi connectivity index (χ0) is 11.4. The number of nitrogens with two attached hydrogens (primary N) is 1. The standard InChI is InChI=1S/C13H14NOP/c14-16(15)13(11-7-3-1-4-8-11)12-9-5-2-6-10-12/h1-10,13,16H,(H2,14,15). The Labute approximate surface area is 96.0 Å². The fourth-order valence-corrected chi connectivity index (χ4v) is 2.85. The van der Waals surface area contributed by atoms with Crippen molar-refractivity contribution in [1.82, 2.24) is 0 Å². The Hall–Kier alpha value is -1.37. The van der Waals surface area contributed by atoms with E-state index >= 15 is 0 Å². The molecule has 0 aliphatic carbocycles. The Morgan fingerprint density at radius 2 is 1.19 bits per heavy atom. The molecule has 0 heterocycles. The first-order valence-corrected chi connectivity index (χ1v) is 6.74. The molecule has 16 heavy (non-hydrogen) atoms. The summed E-state index contributed by atoms with van der Waals surface area (Å²) in [6, 6.07) is 19.5. The van der Waals surface area contributed by atoms with Crippen LogP contribution in [0.4, 0.5) is 0 Å². The molecule has 2 aromatic rings. The van der Waals surface area contributed by atoms with Gasteiger partial charge in [-0.25, -0.2) is 0 Å². The second-order valence-corrected chi connectivity index (χ2v) is 5.04. The van der Waals surface area contributed by atoms with Crippen molar-refractivity contribution in [3.8, 4) is 0 Å². The van der Waals surface area contributed by atoms with Gasteiger partial charge in [-0.2, -0.15) is 0 Å². The van der Waals surface area contributed by atoms with Gasteiger partial charge in [-0.3, -0.25) is 5.50 Å². The van der Waals surface area contributed by atoms with E-state index in [2.05, 4.69) is 0 Å². The quantitative estimate of drug-likeness (QED) is 0.824. The SMILES string of the molecule is N[PH](=O)C(c1ccccc1)c1ccccc1. The maximum atomic E-state index is 11.7. The van der Waals surface area contributed by atoms with Crippen LogP contribution in [-0.4, -0.2) is 0 Å². The Balaban J connectivity index is 2.44. The summed E-state index contributed by atoms with van der Waals surface area (Å²) in [5, 5.41) is 0. The van der Waals surface area contributed by atoms with E-state index in [9.17, 15) is 4.57 Å². The summed E-state index contributed by atoms with van der Waals surface area (Å²) in [4.78, 5) is 0. The minimum atomic E-state index is -2.13. The van der Waals surface area contributed by atoms with Crippen molar-refractivity contribution in [2.45, 2.75) is 5.66 Å². The van der Waals surface area contributed by atoms with E-state index in [1.165, 1.54) is 0 Å². The van der Waals surface area contributed by atoms with Crippen molar-refractivity contribution < 1.29 is 4.57 Å². The van der Waals surface area contributed by atoms with E-state index in [0.717, 1.165) is 11.1 Å².